The van der Waals surface area contributed by atoms with E-state index in [1.807, 2.05) is 57.2 Å². The van der Waals surface area contributed by atoms with Crippen LogP contribution in [0.15, 0.2) is 71.6 Å². The Hall–Kier alpha value is -2.83. The number of nitrogens with zero attached hydrogens (tertiary/aromatic N) is 1. The summed E-state index contributed by atoms with van der Waals surface area (Å²) in [4.78, 5) is 11.5. The van der Waals surface area contributed by atoms with Crippen LogP contribution in [-0.4, -0.2) is 19.9 Å². The number of sulfonamides is 1. The molecule has 0 saturated heterocycles. The first-order valence-corrected chi connectivity index (χ1v) is 13.0. The van der Waals surface area contributed by atoms with Crippen LogP contribution in [0.2, 0.25) is 5.02 Å². The summed E-state index contributed by atoms with van der Waals surface area (Å²) in [6, 6.07) is 20.0. The number of rotatable bonds is 4. The molecular weight excluding hydrogens is 468 g/mol. The Kier molecular flexibility index (Phi) is 6.03. The maximum Gasteiger partial charge on any atom is 0.264 e. The normalized spacial score (nSPS) is 19.4. The minimum absolute atomic E-state index is 0.177. The summed E-state index contributed by atoms with van der Waals surface area (Å²) in [7, 11) is -3.88. The molecular formula is C27H29ClN2O3S. The largest absolute Gasteiger partial charge is 0.326 e. The molecule has 1 heterocycles. The molecule has 1 aliphatic heterocycles. The first kappa shape index (κ1) is 24.3. The van der Waals surface area contributed by atoms with E-state index in [0.29, 0.717) is 22.8 Å². The quantitative estimate of drug-likeness (QED) is 0.461. The van der Waals surface area contributed by atoms with Gasteiger partial charge in [-0.2, -0.15) is 0 Å². The van der Waals surface area contributed by atoms with E-state index in [9.17, 15) is 13.2 Å². The van der Waals surface area contributed by atoms with Crippen molar-refractivity contribution in [2.45, 2.75) is 56.9 Å². The monoisotopic (exact) mass is 496 g/mol. The Morgan fingerprint density at radius 3 is 2.18 bits per heavy atom. The highest BCUT2D eigenvalue weighted by Gasteiger charge is 2.50. The molecule has 0 fully saturated rings. The van der Waals surface area contributed by atoms with Crippen LogP contribution in [0, 0.1) is 6.92 Å². The Balaban J connectivity index is 1.88. The molecule has 0 aliphatic carbocycles. The fourth-order valence-electron chi connectivity index (χ4n) is 5.18. The fraction of sp³-hybridized carbons (Fsp3) is 0.296. The summed E-state index contributed by atoms with van der Waals surface area (Å²) in [5, 5.41) is 3.34. The highest BCUT2D eigenvalue weighted by atomic mass is 35.5. The number of halogens is 1. The maximum absolute atomic E-state index is 14.0. The average Bonchev–Trinajstić information content (AvgIpc) is 2.74. The van der Waals surface area contributed by atoms with Gasteiger partial charge in [-0.3, -0.25) is 9.10 Å². The number of carbonyl (C=O) groups is 1. The summed E-state index contributed by atoms with van der Waals surface area (Å²) >= 11 is 6.16. The van der Waals surface area contributed by atoms with Gasteiger partial charge in [0.1, 0.15) is 0 Å². The zero-order valence-corrected chi connectivity index (χ0v) is 21.6. The van der Waals surface area contributed by atoms with E-state index in [1.54, 1.807) is 16.4 Å². The number of nitrogens with one attached hydrogen (secondary N) is 1. The van der Waals surface area contributed by atoms with Crippen LogP contribution in [0.4, 0.5) is 11.4 Å². The van der Waals surface area contributed by atoms with Crippen molar-refractivity contribution in [3.63, 3.8) is 0 Å². The number of aryl methyl sites for hydroxylation is 1. The molecule has 0 spiro atoms. The molecule has 7 heteroatoms. The Labute approximate surface area is 206 Å². The van der Waals surface area contributed by atoms with Gasteiger partial charge in [-0.15, -0.1) is 0 Å². The van der Waals surface area contributed by atoms with E-state index in [2.05, 4.69) is 18.3 Å². The zero-order valence-electron chi connectivity index (χ0n) is 20.0. The minimum atomic E-state index is -3.88. The topological polar surface area (TPSA) is 66.5 Å². The van der Waals surface area contributed by atoms with E-state index >= 15 is 0 Å². The number of hydrogen-bond acceptors (Lipinski definition) is 3. The molecule has 4 rings (SSSR count). The predicted octanol–water partition coefficient (Wildman–Crippen LogP) is 6.29. The van der Waals surface area contributed by atoms with Crippen molar-refractivity contribution >= 4 is 38.9 Å². The fourth-order valence-corrected chi connectivity index (χ4v) is 7.13. The number of amides is 1. The van der Waals surface area contributed by atoms with E-state index in [1.165, 1.54) is 19.1 Å². The van der Waals surface area contributed by atoms with E-state index < -0.39 is 21.0 Å². The third kappa shape index (κ3) is 4.21. The van der Waals surface area contributed by atoms with Gasteiger partial charge in [0.2, 0.25) is 5.91 Å². The second-order valence-electron chi connectivity index (χ2n) is 9.82. The van der Waals surface area contributed by atoms with Crippen LogP contribution in [-0.2, 0) is 20.2 Å². The van der Waals surface area contributed by atoms with Gasteiger partial charge < -0.3 is 5.32 Å². The predicted molar refractivity (Wildman–Crippen MR) is 138 cm³/mol. The van der Waals surface area contributed by atoms with Crippen molar-refractivity contribution in [1.82, 2.24) is 0 Å². The highest BCUT2D eigenvalue weighted by molar-refractivity contribution is 7.93. The van der Waals surface area contributed by atoms with Crippen LogP contribution >= 0.6 is 11.6 Å². The van der Waals surface area contributed by atoms with Gasteiger partial charge >= 0.3 is 0 Å². The van der Waals surface area contributed by atoms with Crippen molar-refractivity contribution in [3.05, 3.63) is 88.4 Å². The molecule has 178 valence electrons. The molecule has 0 saturated carbocycles. The first-order chi connectivity index (χ1) is 15.8. The molecule has 3 aromatic carbocycles. The van der Waals surface area contributed by atoms with Gasteiger partial charge in [-0.05, 0) is 80.8 Å². The molecule has 0 radical (unpaired) electrons. The number of carbonyl (C=O) groups excluding carboxylic acids is 1. The molecule has 3 aromatic rings. The third-order valence-electron chi connectivity index (χ3n) is 6.50. The smallest absolute Gasteiger partial charge is 0.264 e. The summed E-state index contributed by atoms with van der Waals surface area (Å²) < 4.78 is 29.6. The second kappa shape index (κ2) is 8.43. The van der Waals surface area contributed by atoms with Crippen LogP contribution < -0.4 is 9.62 Å². The van der Waals surface area contributed by atoms with Crippen molar-refractivity contribution in [2.75, 3.05) is 9.62 Å². The molecule has 1 unspecified atom stereocenters. The standard InChI is InChI=1S/C27H29ClN2O3S/c1-18-6-15-25-24(16-18)27(5,20-7-9-21(28)10-8-20)17-26(3,4)30(25)34(32,33)23-13-11-22(12-14-23)29-19(2)31/h6-16H,17H2,1-5H3,(H,29,31). The van der Waals surface area contributed by atoms with E-state index in [0.717, 1.165) is 16.7 Å². The minimum Gasteiger partial charge on any atom is -0.326 e. The van der Waals surface area contributed by atoms with Crippen molar-refractivity contribution < 1.29 is 13.2 Å². The van der Waals surface area contributed by atoms with Gasteiger partial charge in [0.05, 0.1) is 16.1 Å². The van der Waals surface area contributed by atoms with E-state index in [4.69, 9.17) is 11.6 Å². The number of benzene rings is 3. The summed E-state index contributed by atoms with van der Waals surface area (Å²) in [5.41, 5.74) is 3.22. The summed E-state index contributed by atoms with van der Waals surface area (Å²) in [5.74, 6) is -0.210. The van der Waals surface area contributed by atoms with Gasteiger partial charge in [0, 0.05) is 23.0 Å². The molecule has 1 atom stereocenters. The van der Waals surface area contributed by atoms with Gasteiger partial charge in [0.15, 0.2) is 0 Å². The van der Waals surface area contributed by atoms with Crippen LogP contribution in [0.5, 0.6) is 0 Å². The van der Waals surface area contributed by atoms with E-state index in [-0.39, 0.29) is 10.8 Å². The Morgan fingerprint density at radius 1 is 0.971 bits per heavy atom. The van der Waals surface area contributed by atoms with Gasteiger partial charge in [0.25, 0.3) is 10.0 Å². The van der Waals surface area contributed by atoms with Crippen molar-refractivity contribution in [1.29, 1.82) is 0 Å². The average molecular weight is 497 g/mol. The van der Waals surface area contributed by atoms with Crippen LogP contribution in [0.3, 0.4) is 0 Å². The zero-order chi connectivity index (χ0) is 24.9. The number of hydrogen-bond donors (Lipinski definition) is 1. The first-order valence-electron chi connectivity index (χ1n) is 11.1. The molecule has 0 bridgehead atoms. The van der Waals surface area contributed by atoms with Gasteiger partial charge in [-0.1, -0.05) is 48.4 Å². The number of anilines is 2. The summed E-state index contributed by atoms with van der Waals surface area (Å²) in [6.45, 7) is 9.53. The lowest BCUT2D eigenvalue weighted by atomic mass is 9.66. The molecule has 1 N–H and O–H groups in total. The molecule has 5 nitrogen and oxygen atoms in total. The molecule has 1 aliphatic rings. The SMILES string of the molecule is CC(=O)Nc1ccc(S(=O)(=O)N2c3ccc(C)cc3C(C)(c3ccc(Cl)cc3)CC2(C)C)cc1. The molecule has 0 aromatic heterocycles. The Bertz CT molecular complexity index is 1350. The van der Waals surface area contributed by atoms with Crippen molar-refractivity contribution in [2.24, 2.45) is 0 Å². The Morgan fingerprint density at radius 2 is 1.59 bits per heavy atom. The lowest BCUT2D eigenvalue weighted by Gasteiger charge is -2.51. The molecule has 34 heavy (non-hydrogen) atoms. The summed E-state index contributed by atoms with van der Waals surface area (Å²) in [6.07, 6.45) is 0.585. The lowest BCUT2D eigenvalue weighted by Crippen LogP contribution is -2.55. The lowest BCUT2D eigenvalue weighted by molar-refractivity contribution is -0.114. The molecule has 1 amide bonds. The maximum atomic E-state index is 14.0. The highest BCUT2D eigenvalue weighted by Crippen LogP contribution is 2.52. The van der Waals surface area contributed by atoms with Crippen LogP contribution in [0.25, 0.3) is 0 Å². The third-order valence-corrected chi connectivity index (χ3v) is 8.79. The van der Waals surface area contributed by atoms with Crippen LogP contribution in [0.1, 0.15) is 50.8 Å². The van der Waals surface area contributed by atoms with Crippen molar-refractivity contribution in [3.8, 4) is 0 Å². The van der Waals surface area contributed by atoms with Gasteiger partial charge in [-0.25, -0.2) is 8.42 Å². The second-order valence-corrected chi connectivity index (χ2v) is 12.0. The number of fused-ring (bicyclic) bond motifs is 1.